The van der Waals surface area contributed by atoms with Gasteiger partial charge in [0, 0.05) is 0 Å². The molecule has 0 aliphatic carbocycles. The van der Waals surface area contributed by atoms with E-state index in [1.54, 1.807) is 0 Å². The van der Waals surface area contributed by atoms with Crippen LogP contribution in [-0.2, 0) is 10.9 Å². The molecule has 3 aliphatic rings. The van der Waals surface area contributed by atoms with Crippen LogP contribution in [0.3, 0.4) is 0 Å². The lowest BCUT2D eigenvalue weighted by Gasteiger charge is -2.51. The molecule has 34 heavy (non-hydrogen) atoms. The van der Waals surface area contributed by atoms with E-state index >= 15 is 0 Å². The molecule has 186 valence electrons. The van der Waals surface area contributed by atoms with E-state index in [1.165, 1.54) is 6.92 Å². The van der Waals surface area contributed by atoms with E-state index in [9.17, 15) is 37.7 Å². The molecule has 3 fully saturated rings. The number of hydrogen-bond donors (Lipinski definition) is 8. The summed E-state index contributed by atoms with van der Waals surface area (Å²) in [5.74, 6) is -7.60. The van der Waals surface area contributed by atoms with Gasteiger partial charge >= 0.3 is 12.1 Å². The Labute approximate surface area is 193 Å². The molecule has 0 aromatic heterocycles. The molecule has 5 atom stereocenters. The van der Waals surface area contributed by atoms with Crippen LogP contribution in [-0.4, -0.2) is 80.4 Å². The van der Waals surface area contributed by atoms with Gasteiger partial charge in [-0.05, 0) is 19.1 Å². The number of aliphatic hydroxyl groups is 3. The molecule has 0 saturated carbocycles. The summed E-state index contributed by atoms with van der Waals surface area (Å²) >= 11 is 5.56. The van der Waals surface area contributed by atoms with Crippen LogP contribution in [0.2, 0.25) is 5.02 Å². The van der Waals surface area contributed by atoms with E-state index in [-0.39, 0.29) is 0 Å². The van der Waals surface area contributed by atoms with Crippen molar-refractivity contribution in [1.29, 1.82) is 10.8 Å². The van der Waals surface area contributed by atoms with Crippen LogP contribution >= 0.6 is 11.6 Å². The van der Waals surface area contributed by atoms with Crippen molar-refractivity contribution in [3.63, 3.8) is 0 Å². The Hall–Kier alpha value is -2.88. The summed E-state index contributed by atoms with van der Waals surface area (Å²) in [5, 5.41) is 55.1. The van der Waals surface area contributed by atoms with Gasteiger partial charge in [-0.25, -0.2) is 9.18 Å². The maximum Gasteiger partial charge on any atom is 0.417 e. The minimum atomic E-state index is -5.16. The molecule has 11 nitrogen and oxygen atoms in total. The molecule has 1 aromatic carbocycles. The molecular formula is C18H19ClF4N6O5. The zero-order chi connectivity index (χ0) is 25.4. The number of benzene rings is 1. The Morgan fingerprint density at radius 3 is 2.53 bits per heavy atom. The van der Waals surface area contributed by atoms with Gasteiger partial charge in [0.05, 0.1) is 35.3 Å². The highest BCUT2D eigenvalue weighted by Gasteiger charge is 2.77. The van der Waals surface area contributed by atoms with Gasteiger partial charge in [0.25, 0.3) is 0 Å². The smallest absolute Gasteiger partial charge is 0.417 e. The van der Waals surface area contributed by atoms with Crippen LogP contribution in [0.15, 0.2) is 12.1 Å². The van der Waals surface area contributed by atoms with E-state index in [0.29, 0.717) is 12.1 Å². The number of guanidine groups is 2. The molecule has 4 rings (SSSR count). The Morgan fingerprint density at radius 1 is 1.29 bits per heavy atom. The average molecular weight is 511 g/mol. The second-order valence-corrected chi connectivity index (χ2v) is 8.52. The number of aliphatic hydroxyl groups excluding tert-OH is 1. The second-order valence-electron chi connectivity index (χ2n) is 8.11. The van der Waals surface area contributed by atoms with Crippen molar-refractivity contribution in [2.24, 2.45) is 0 Å². The molecule has 3 aliphatic heterocycles. The highest BCUT2D eigenvalue weighted by Crippen LogP contribution is 2.47. The normalized spacial score (nSPS) is 31.9. The number of carbonyl (C=O) groups is 1. The number of nitrogens with one attached hydrogen (secondary N) is 5. The molecule has 0 radical (unpaired) electrons. The topological polar surface area (TPSA) is 174 Å². The molecule has 8 N–H and O–H groups in total. The number of nitrogens with zero attached hydrogens (tertiary/aromatic N) is 1. The third-order valence-corrected chi connectivity index (χ3v) is 6.54. The lowest BCUT2D eigenvalue weighted by atomic mass is 9.85. The fourth-order valence-electron chi connectivity index (χ4n) is 4.87. The van der Waals surface area contributed by atoms with E-state index in [1.807, 2.05) is 0 Å². The Morgan fingerprint density at radius 2 is 1.94 bits per heavy atom. The van der Waals surface area contributed by atoms with Crippen molar-refractivity contribution in [1.82, 2.24) is 20.9 Å². The standard InChI is InChI=1S/C18H19ClF4N6O5/c1-5-12(34-13(31)9-6(18(21,22)23)2-3-7(19)10(9)20)17(32,33)16-11(27-14(24)28-16)8(4-30)26-15(25)29(5)16/h2-3,5,8,11-12,30,32-33H,4H2,1H3,(H2,25,26)(H3,24,27,28)/t5-,8-,11?,12-,16-/m0/s1. The molecule has 0 bridgehead atoms. The lowest BCUT2D eigenvalue weighted by molar-refractivity contribution is -0.259. The number of ether oxygens (including phenoxy) is 1. The van der Waals surface area contributed by atoms with Crippen molar-refractivity contribution >= 4 is 29.5 Å². The van der Waals surface area contributed by atoms with Crippen LogP contribution in [0.25, 0.3) is 0 Å². The van der Waals surface area contributed by atoms with Crippen molar-refractivity contribution < 1.29 is 42.4 Å². The van der Waals surface area contributed by atoms with Gasteiger partial charge in [-0.3, -0.25) is 10.8 Å². The quantitative estimate of drug-likeness (QED) is 0.151. The summed E-state index contributed by atoms with van der Waals surface area (Å²) in [6.07, 6.45) is -7.20. The fraction of sp³-hybridized carbons (Fsp3) is 0.500. The largest absolute Gasteiger partial charge is 0.451 e. The van der Waals surface area contributed by atoms with Crippen LogP contribution < -0.4 is 16.0 Å². The number of alkyl halides is 3. The number of esters is 1. The first-order valence-corrected chi connectivity index (χ1v) is 10.2. The zero-order valence-electron chi connectivity index (χ0n) is 17.2. The van der Waals surface area contributed by atoms with E-state index in [2.05, 4.69) is 16.0 Å². The average Bonchev–Trinajstić information content (AvgIpc) is 3.16. The van der Waals surface area contributed by atoms with Gasteiger partial charge in [-0.1, -0.05) is 11.6 Å². The van der Waals surface area contributed by atoms with Gasteiger partial charge in [0.1, 0.15) is 5.56 Å². The predicted molar refractivity (Wildman–Crippen MR) is 106 cm³/mol. The van der Waals surface area contributed by atoms with Gasteiger partial charge < -0.3 is 40.9 Å². The van der Waals surface area contributed by atoms with Gasteiger partial charge in [0.2, 0.25) is 5.79 Å². The van der Waals surface area contributed by atoms with E-state index in [0.717, 1.165) is 4.90 Å². The fourth-order valence-corrected chi connectivity index (χ4v) is 5.03. The highest BCUT2D eigenvalue weighted by molar-refractivity contribution is 6.31. The Balaban J connectivity index is 1.79. The van der Waals surface area contributed by atoms with Crippen molar-refractivity contribution in [3.05, 3.63) is 34.1 Å². The zero-order valence-corrected chi connectivity index (χ0v) is 17.9. The summed E-state index contributed by atoms with van der Waals surface area (Å²) in [6.45, 7) is 0.672. The van der Waals surface area contributed by atoms with Crippen molar-refractivity contribution in [2.45, 2.75) is 48.8 Å². The molecule has 16 heteroatoms. The van der Waals surface area contributed by atoms with E-state index < -0.39 is 88.3 Å². The van der Waals surface area contributed by atoms with Gasteiger partial charge in [0.15, 0.2) is 29.5 Å². The van der Waals surface area contributed by atoms with Gasteiger partial charge in [-0.15, -0.1) is 0 Å². The van der Waals surface area contributed by atoms with Crippen LogP contribution in [0.4, 0.5) is 17.6 Å². The summed E-state index contributed by atoms with van der Waals surface area (Å²) in [7, 11) is 0. The summed E-state index contributed by atoms with van der Waals surface area (Å²) in [5.41, 5.74) is -5.38. The van der Waals surface area contributed by atoms with Crippen LogP contribution in [0.1, 0.15) is 22.8 Å². The number of hydrogen-bond acceptors (Lipinski definition) is 7. The molecule has 3 saturated heterocycles. The molecule has 3 heterocycles. The molecule has 1 unspecified atom stereocenters. The molecule has 1 spiro atoms. The maximum atomic E-state index is 14.5. The molecular weight excluding hydrogens is 492 g/mol. The number of halogens is 5. The molecule has 1 aromatic rings. The Bertz CT molecular complexity index is 1090. The summed E-state index contributed by atoms with van der Waals surface area (Å²) in [4.78, 5) is 13.8. The third-order valence-electron chi connectivity index (χ3n) is 6.25. The third kappa shape index (κ3) is 3.10. The minimum absolute atomic E-state index is 0.387. The first-order valence-electron chi connectivity index (χ1n) is 9.78. The van der Waals surface area contributed by atoms with Crippen LogP contribution in [0.5, 0.6) is 0 Å². The highest BCUT2D eigenvalue weighted by atomic mass is 35.5. The van der Waals surface area contributed by atoms with Crippen molar-refractivity contribution in [3.8, 4) is 0 Å². The minimum Gasteiger partial charge on any atom is -0.451 e. The monoisotopic (exact) mass is 510 g/mol. The van der Waals surface area contributed by atoms with Gasteiger partial charge in [-0.2, -0.15) is 13.2 Å². The maximum absolute atomic E-state index is 14.5. The van der Waals surface area contributed by atoms with Crippen molar-refractivity contribution in [2.75, 3.05) is 6.61 Å². The lowest BCUT2D eigenvalue weighted by Crippen LogP contribution is -2.81. The first kappa shape index (κ1) is 24.3. The van der Waals surface area contributed by atoms with E-state index in [4.69, 9.17) is 27.2 Å². The summed E-state index contributed by atoms with van der Waals surface area (Å²) < 4.78 is 59.9. The number of rotatable bonds is 3. The summed E-state index contributed by atoms with van der Waals surface area (Å²) in [6, 6.07) is -2.46. The SMILES string of the molecule is C[C@H]1[C@H](OC(=O)c2c(C(F)(F)F)ccc(Cl)c2F)C(O)(O)[C@]23NC(=N)NC2[C@H](CO)NC(=N)N13. The first-order chi connectivity index (χ1) is 15.7. The second kappa shape index (κ2) is 7.56. The van der Waals surface area contributed by atoms with Crippen LogP contribution in [0, 0.1) is 16.6 Å². The Kier molecular flexibility index (Phi) is 5.39. The number of carbonyl (C=O) groups excluding carboxylic acids is 1. The molecule has 0 amide bonds. The predicted octanol–water partition coefficient (Wildman–Crippen LogP) is -0.500.